The van der Waals surface area contributed by atoms with Gasteiger partial charge < -0.3 is 9.47 Å². The van der Waals surface area contributed by atoms with E-state index >= 15 is 0 Å². The van der Waals surface area contributed by atoms with Crippen LogP contribution in [-0.2, 0) is 14.8 Å². The highest BCUT2D eigenvalue weighted by Gasteiger charge is 2.15. The average molecular weight is 291 g/mol. The van der Waals surface area contributed by atoms with Crippen molar-refractivity contribution < 1.29 is 22.3 Å². The molecule has 108 valence electrons. The normalized spacial score (nSPS) is 11.5. The molecular weight excluding hydrogens is 273 g/mol. The van der Waals surface area contributed by atoms with Gasteiger partial charge in [-0.05, 0) is 25.5 Å². The molecular formula is C12H18FNO4S. The molecule has 7 heteroatoms. The van der Waals surface area contributed by atoms with E-state index in [2.05, 4.69) is 4.72 Å². The Morgan fingerprint density at radius 2 is 2.11 bits per heavy atom. The molecule has 0 spiro atoms. The Morgan fingerprint density at radius 3 is 2.74 bits per heavy atom. The molecule has 5 nitrogen and oxygen atoms in total. The first-order valence-electron chi connectivity index (χ1n) is 5.92. The van der Waals surface area contributed by atoms with E-state index in [9.17, 15) is 12.8 Å². The van der Waals surface area contributed by atoms with Gasteiger partial charge in [-0.2, -0.15) is 0 Å². The molecule has 0 heterocycles. The molecule has 0 saturated carbocycles. The van der Waals surface area contributed by atoms with Crippen molar-refractivity contribution in [3.8, 4) is 5.75 Å². The number of benzene rings is 1. The molecule has 1 rings (SSSR count). The predicted octanol–water partition coefficient (Wildman–Crippen LogP) is 1.54. The fourth-order valence-corrected chi connectivity index (χ4v) is 2.50. The maximum Gasteiger partial charge on any atom is 0.240 e. The van der Waals surface area contributed by atoms with Crippen molar-refractivity contribution in [3.05, 3.63) is 24.0 Å². The smallest absolute Gasteiger partial charge is 0.240 e. The Hall–Kier alpha value is -1.18. The molecule has 0 radical (unpaired) electrons. The predicted molar refractivity (Wildman–Crippen MR) is 69.3 cm³/mol. The third-order valence-corrected chi connectivity index (χ3v) is 3.85. The van der Waals surface area contributed by atoms with E-state index in [1.54, 1.807) is 0 Å². The van der Waals surface area contributed by atoms with E-state index in [4.69, 9.17) is 9.47 Å². The maximum absolute atomic E-state index is 13.2. The van der Waals surface area contributed by atoms with E-state index < -0.39 is 15.8 Å². The summed E-state index contributed by atoms with van der Waals surface area (Å²) in [5, 5.41) is 0. The monoisotopic (exact) mass is 291 g/mol. The molecule has 0 bridgehead atoms. The molecule has 1 aromatic carbocycles. The summed E-state index contributed by atoms with van der Waals surface area (Å²) in [5.41, 5.74) is 0. The lowest BCUT2D eigenvalue weighted by Gasteiger charge is -2.08. The van der Waals surface area contributed by atoms with Crippen LogP contribution in [0.5, 0.6) is 5.75 Å². The van der Waals surface area contributed by atoms with Crippen molar-refractivity contribution in [2.45, 2.75) is 18.2 Å². The minimum Gasteiger partial charge on any atom is -0.494 e. The van der Waals surface area contributed by atoms with Gasteiger partial charge in [0.25, 0.3) is 0 Å². The summed E-state index contributed by atoms with van der Waals surface area (Å²) < 4.78 is 49.3. The van der Waals surface area contributed by atoms with Crippen molar-refractivity contribution >= 4 is 10.0 Å². The fraction of sp³-hybridized carbons (Fsp3) is 0.500. The lowest BCUT2D eigenvalue weighted by Crippen LogP contribution is -2.25. The molecule has 0 aliphatic carbocycles. The molecule has 0 aliphatic heterocycles. The zero-order valence-corrected chi connectivity index (χ0v) is 11.8. The summed E-state index contributed by atoms with van der Waals surface area (Å²) in [6.45, 7) is 3.23. The first kappa shape index (κ1) is 15.9. The third kappa shape index (κ3) is 4.77. The first-order chi connectivity index (χ1) is 9.01. The molecule has 0 aliphatic rings. The Bertz CT molecular complexity index is 504. The van der Waals surface area contributed by atoms with Gasteiger partial charge in [0.1, 0.15) is 0 Å². The highest BCUT2D eigenvalue weighted by molar-refractivity contribution is 7.89. The largest absolute Gasteiger partial charge is 0.494 e. The van der Waals surface area contributed by atoms with Crippen LogP contribution in [0.4, 0.5) is 4.39 Å². The zero-order chi connectivity index (χ0) is 14.3. The summed E-state index contributed by atoms with van der Waals surface area (Å²) in [6.07, 6.45) is 0.575. The van der Waals surface area contributed by atoms with E-state index in [-0.39, 0.29) is 17.2 Å². The Morgan fingerprint density at radius 1 is 1.37 bits per heavy atom. The Balaban J connectivity index is 2.67. The van der Waals surface area contributed by atoms with Crippen molar-refractivity contribution in [1.82, 2.24) is 4.72 Å². The molecule has 0 unspecified atom stereocenters. The van der Waals surface area contributed by atoms with Crippen LogP contribution < -0.4 is 9.46 Å². The van der Waals surface area contributed by atoms with Gasteiger partial charge in [0.05, 0.1) is 12.0 Å². The Kier molecular flexibility index (Phi) is 6.20. The molecule has 0 atom stereocenters. The highest BCUT2D eigenvalue weighted by atomic mass is 32.2. The number of halogens is 1. The van der Waals surface area contributed by atoms with Crippen molar-refractivity contribution in [2.24, 2.45) is 0 Å². The number of ether oxygens (including phenoxy) is 2. The number of hydrogen-bond donors (Lipinski definition) is 1. The van der Waals surface area contributed by atoms with Crippen LogP contribution in [0.1, 0.15) is 13.3 Å². The standard InChI is InChI=1S/C12H18FNO4S/c1-3-18-8-4-7-14-19(15,16)10-5-6-11(13)12(9-10)17-2/h5-6,9,14H,3-4,7-8H2,1-2H3. The second kappa shape index (κ2) is 7.42. The van der Waals surface area contributed by atoms with Crippen LogP contribution in [0, 0.1) is 5.82 Å². The fourth-order valence-electron chi connectivity index (χ4n) is 1.42. The van der Waals surface area contributed by atoms with Gasteiger partial charge in [-0.3, -0.25) is 0 Å². The van der Waals surface area contributed by atoms with Gasteiger partial charge in [0, 0.05) is 25.8 Å². The van der Waals surface area contributed by atoms with Crippen LogP contribution >= 0.6 is 0 Å². The molecule has 1 aromatic rings. The highest BCUT2D eigenvalue weighted by Crippen LogP contribution is 2.21. The minimum atomic E-state index is -3.65. The van der Waals surface area contributed by atoms with Gasteiger partial charge in [-0.15, -0.1) is 0 Å². The Labute approximate surface area is 112 Å². The van der Waals surface area contributed by atoms with Crippen LogP contribution in [0.25, 0.3) is 0 Å². The molecule has 0 fully saturated rings. The van der Waals surface area contributed by atoms with Crippen LogP contribution in [0.2, 0.25) is 0 Å². The topological polar surface area (TPSA) is 64.6 Å². The summed E-state index contributed by atoms with van der Waals surface area (Å²) in [7, 11) is -2.37. The van der Waals surface area contributed by atoms with Gasteiger partial charge in [0.15, 0.2) is 11.6 Å². The summed E-state index contributed by atoms with van der Waals surface area (Å²) in [5.74, 6) is -0.699. The number of sulfonamides is 1. The van der Waals surface area contributed by atoms with Gasteiger partial charge >= 0.3 is 0 Å². The minimum absolute atomic E-state index is 0.0258. The average Bonchev–Trinajstić information content (AvgIpc) is 2.38. The molecule has 0 amide bonds. The maximum atomic E-state index is 13.2. The number of rotatable bonds is 8. The lowest BCUT2D eigenvalue weighted by atomic mass is 10.3. The molecule has 0 saturated heterocycles. The molecule has 0 aromatic heterocycles. The van der Waals surface area contributed by atoms with Crippen molar-refractivity contribution in [1.29, 1.82) is 0 Å². The summed E-state index contributed by atoms with van der Waals surface area (Å²) >= 11 is 0. The SMILES string of the molecule is CCOCCCNS(=O)(=O)c1ccc(F)c(OC)c1. The number of nitrogens with one attached hydrogen (secondary N) is 1. The van der Waals surface area contributed by atoms with Crippen LogP contribution in [-0.4, -0.2) is 35.3 Å². The van der Waals surface area contributed by atoms with Gasteiger partial charge in [-0.25, -0.2) is 17.5 Å². The number of hydrogen-bond acceptors (Lipinski definition) is 4. The van der Waals surface area contributed by atoms with Crippen molar-refractivity contribution in [3.63, 3.8) is 0 Å². The molecule has 1 N–H and O–H groups in total. The van der Waals surface area contributed by atoms with Crippen LogP contribution in [0.15, 0.2) is 23.1 Å². The third-order valence-electron chi connectivity index (χ3n) is 2.39. The summed E-state index contributed by atoms with van der Waals surface area (Å²) in [4.78, 5) is -0.0258. The van der Waals surface area contributed by atoms with E-state index in [1.165, 1.54) is 13.2 Å². The zero-order valence-electron chi connectivity index (χ0n) is 11.0. The summed E-state index contributed by atoms with van der Waals surface area (Å²) in [6, 6.07) is 3.41. The second-order valence-electron chi connectivity index (χ2n) is 3.74. The van der Waals surface area contributed by atoms with Gasteiger partial charge in [0.2, 0.25) is 10.0 Å². The van der Waals surface area contributed by atoms with E-state index in [0.717, 1.165) is 12.1 Å². The van der Waals surface area contributed by atoms with E-state index in [0.29, 0.717) is 19.6 Å². The number of methoxy groups -OCH3 is 1. The van der Waals surface area contributed by atoms with Crippen LogP contribution in [0.3, 0.4) is 0 Å². The van der Waals surface area contributed by atoms with Crippen molar-refractivity contribution in [2.75, 3.05) is 26.9 Å². The van der Waals surface area contributed by atoms with Gasteiger partial charge in [-0.1, -0.05) is 0 Å². The second-order valence-corrected chi connectivity index (χ2v) is 5.51. The molecule has 19 heavy (non-hydrogen) atoms. The van der Waals surface area contributed by atoms with E-state index in [1.807, 2.05) is 6.92 Å². The quantitative estimate of drug-likeness (QED) is 0.738. The first-order valence-corrected chi connectivity index (χ1v) is 7.40. The lowest BCUT2D eigenvalue weighted by molar-refractivity contribution is 0.146.